The van der Waals surface area contributed by atoms with Crippen LogP contribution in [0.5, 0.6) is 0 Å². The molecule has 0 aliphatic heterocycles. The molecule has 0 saturated heterocycles. The van der Waals surface area contributed by atoms with Crippen LogP contribution in [0.25, 0.3) is 0 Å². The van der Waals surface area contributed by atoms with Gasteiger partial charge in [-0.15, -0.1) is 6.58 Å². The Bertz CT molecular complexity index is 161. The van der Waals surface area contributed by atoms with Crippen LogP contribution >= 0.6 is 0 Å². The molecule has 2 heteroatoms. The second-order valence-corrected chi connectivity index (χ2v) is 3.62. The van der Waals surface area contributed by atoms with Gasteiger partial charge in [-0.1, -0.05) is 12.7 Å². The minimum atomic E-state index is 0.568. The smallest absolute Gasteiger partial charge is 0.0375 e. The van der Waals surface area contributed by atoms with Gasteiger partial charge in [-0.25, -0.2) is 0 Å². The molecule has 0 aromatic carbocycles. The Kier molecular flexibility index (Phi) is 6.33. The maximum absolute atomic E-state index is 3.96. The van der Waals surface area contributed by atoms with Crippen LogP contribution in [0.2, 0.25) is 0 Å². The van der Waals surface area contributed by atoms with E-state index in [9.17, 15) is 0 Å². The van der Waals surface area contributed by atoms with Gasteiger partial charge in [-0.2, -0.15) is 0 Å². The molecule has 0 saturated carbocycles. The molecular formula is C11H22N2. The van der Waals surface area contributed by atoms with Crippen LogP contribution in [0.3, 0.4) is 0 Å². The van der Waals surface area contributed by atoms with Crippen molar-refractivity contribution in [1.82, 2.24) is 10.2 Å². The summed E-state index contributed by atoms with van der Waals surface area (Å²) in [7, 11) is 2.10. The molecule has 0 amide bonds. The number of hydrogen-bond donors (Lipinski definition) is 1. The fourth-order valence-corrected chi connectivity index (χ4v) is 0.891. The molecule has 0 fully saturated rings. The minimum absolute atomic E-state index is 0.568. The first-order chi connectivity index (χ1) is 6.07. The van der Waals surface area contributed by atoms with E-state index in [0.717, 1.165) is 25.2 Å². The summed E-state index contributed by atoms with van der Waals surface area (Å²) >= 11 is 0. The van der Waals surface area contributed by atoms with Crippen molar-refractivity contribution in [1.29, 1.82) is 0 Å². The molecule has 0 bridgehead atoms. The molecule has 0 rings (SSSR count). The van der Waals surface area contributed by atoms with Crippen LogP contribution in [0.15, 0.2) is 24.9 Å². The summed E-state index contributed by atoms with van der Waals surface area (Å²) < 4.78 is 0. The van der Waals surface area contributed by atoms with Gasteiger partial charge in [0, 0.05) is 24.8 Å². The van der Waals surface area contributed by atoms with Gasteiger partial charge in [0.25, 0.3) is 0 Å². The van der Waals surface area contributed by atoms with Gasteiger partial charge in [0.2, 0.25) is 0 Å². The molecule has 0 unspecified atom stereocenters. The second-order valence-electron chi connectivity index (χ2n) is 3.62. The van der Waals surface area contributed by atoms with Gasteiger partial charge in [0.15, 0.2) is 0 Å². The minimum Gasteiger partial charge on any atom is -0.387 e. The van der Waals surface area contributed by atoms with Crippen LogP contribution < -0.4 is 5.32 Å². The number of nitrogens with zero attached hydrogens (tertiary/aromatic N) is 1. The first kappa shape index (κ1) is 12.2. The summed E-state index contributed by atoms with van der Waals surface area (Å²) in [5, 5.41) is 3.26. The van der Waals surface area contributed by atoms with Gasteiger partial charge in [-0.05, 0) is 27.3 Å². The number of likely N-dealkylation sites (N-methyl/N-ethyl adjacent to an activating group) is 1. The van der Waals surface area contributed by atoms with Crippen LogP contribution in [-0.2, 0) is 0 Å². The lowest BCUT2D eigenvalue weighted by Crippen LogP contribution is -2.32. The maximum atomic E-state index is 3.96. The van der Waals surface area contributed by atoms with Crippen molar-refractivity contribution in [2.75, 3.05) is 20.1 Å². The van der Waals surface area contributed by atoms with Gasteiger partial charge in [0.1, 0.15) is 0 Å². The molecule has 0 spiro atoms. The molecule has 0 aromatic heterocycles. The number of rotatable bonds is 7. The van der Waals surface area contributed by atoms with Gasteiger partial charge in [0.05, 0.1) is 0 Å². The van der Waals surface area contributed by atoms with Crippen molar-refractivity contribution in [2.24, 2.45) is 0 Å². The van der Waals surface area contributed by atoms with E-state index in [1.54, 1.807) is 0 Å². The van der Waals surface area contributed by atoms with Crippen molar-refractivity contribution in [3.8, 4) is 0 Å². The Morgan fingerprint density at radius 1 is 1.54 bits per heavy atom. The largest absolute Gasteiger partial charge is 0.387 e. The topological polar surface area (TPSA) is 15.3 Å². The lowest BCUT2D eigenvalue weighted by Gasteiger charge is -2.22. The zero-order chi connectivity index (χ0) is 10.3. The molecule has 0 aliphatic carbocycles. The third-order valence-corrected chi connectivity index (χ3v) is 2.05. The summed E-state index contributed by atoms with van der Waals surface area (Å²) in [6, 6.07) is 0.568. The average Bonchev–Trinajstić information content (AvgIpc) is 2.04. The monoisotopic (exact) mass is 182 g/mol. The zero-order valence-corrected chi connectivity index (χ0v) is 9.14. The Morgan fingerprint density at radius 3 is 2.62 bits per heavy atom. The Hall–Kier alpha value is -0.760. The Balaban J connectivity index is 3.55. The fourth-order valence-electron chi connectivity index (χ4n) is 0.891. The van der Waals surface area contributed by atoms with Crippen LogP contribution in [0.4, 0.5) is 0 Å². The first-order valence-corrected chi connectivity index (χ1v) is 4.80. The highest BCUT2D eigenvalue weighted by atomic mass is 15.1. The molecule has 0 aliphatic rings. The summed E-state index contributed by atoms with van der Waals surface area (Å²) in [4.78, 5) is 2.25. The summed E-state index contributed by atoms with van der Waals surface area (Å²) in [5.41, 5.74) is 1.08. The predicted molar refractivity (Wildman–Crippen MR) is 59.7 cm³/mol. The van der Waals surface area contributed by atoms with E-state index >= 15 is 0 Å². The average molecular weight is 182 g/mol. The lowest BCUT2D eigenvalue weighted by molar-refractivity contribution is 0.292. The fraction of sp³-hybridized carbons (Fsp3) is 0.636. The van der Waals surface area contributed by atoms with E-state index in [4.69, 9.17) is 0 Å². The summed E-state index contributed by atoms with van der Waals surface area (Å²) in [6.07, 6.45) is 2.90. The molecule has 1 N–H and O–H groups in total. The number of nitrogens with one attached hydrogen (secondary N) is 1. The highest BCUT2D eigenvalue weighted by molar-refractivity contribution is 4.94. The highest BCUT2D eigenvalue weighted by Crippen LogP contribution is 1.96. The van der Waals surface area contributed by atoms with Crippen molar-refractivity contribution >= 4 is 0 Å². The van der Waals surface area contributed by atoms with Crippen molar-refractivity contribution in [3.05, 3.63) is 24.9 Å². The van der Waals surface area contributed by atoms with Crippen molar-refractivity contribution in [3.63, 3.8) is 0 Å². The normalized spacial score (nSPS) is 10.5. The summed E-state index contributed by atoms with van der Waals surface area (Å²) in [6.45, 7) is 13.8. The summed E-state index contributed by atoms with van der Waals surface area (Å²) in [5.74, 6) is 0. The molecule has 0 atom stereocenters. The predicted octanol–water partition coefficient (Wildman–Crippen LogP) is 2.01. The third-order valence-electron chi connectivity index (χ3n) is 2.05. The van der Waals surface area contributed by atoms with Gasteiger partial charge >= 0.3 is 0 Å². The van der Waals surface area contributed by atoms with Crippen LogP contribution in [0, 0.1) is 0 Å². The lowest BCUT2D eigenvalue weighted by atomic mass is 10.3. The van der Waals surface area contributed by atoms with Crippen molar-refractivity contribution in [2.45, 2.75) is 26.3 Å². The van der Waals surface area contributed by atoms with E-state index in [-0.39, 0.29) is 0 Å². The van der Waals surface area contributed by atoms with Crippen molar-refractivity contribution < 1.29 is 0 Å². The number of hydrogen-bond acceptors (Lipinski definition) is 2. The maximum Gasteiger partial charge on any atom is 0.0375 e. The molecule has 0 heterocycles. The molecule has 0 aromatic rings. The van der Waals surface area contributed by atoms with E-state index in [1.165, 1.54) is 0 Å². The third kappa shape index (κ3) is 6.41. The first-order valence-electron chi connectivity index (χ1n) is 4.80. The standard InChI is InChI=1S/C11H22N2/c1-6-7-8-12-11(4)9-13(5)10(2)3/h6,10,12H,1,4,7-9H2,2-3,5H3. The Labute approximate surface area is 82.3 Å². The van der Waals surface area contributed by atoms with Crippen LogP contribution in [0.1, 0.15) is 20.3 Å². The molecule has 13 heavy (non-hydrogen) atoms. The quantitative estimate of drug-likeness (QED) is 0.478. The second kappa shape index (κ2) is 6.72. The molecular weight excluding hydrogens is 160 g/mol. The van der Waals surface area contributed by atoms with Crippen LogP contribution in [-0.4, -0.2) is 31.1 Å². The Morgan fingerprint density at radius 2 is 2.15 bits per heavy atom. The zero-order valence-electron chi connectivity index (χ0n) is 9.14. The SMILES string of the molecule is C=CCCNC(=C)CN(C)C(C)C. The molecule has 0 radical (unpaired) electrons. The van der Waals surface area contributed by atoms with Gasteiger partial charge in [-0.3, -0.25) is 4.90 Å². The van der Waals surface area contributed by atoms with Gasteiger partial charge < -0.3 is 5.32 Å². The van der Waals surface area contributed by atoms with E-state index in [0.29, 0.717) is 6.04 Å². The van der Waals surface area contributed by atoms with E-state index < -0.39 is 0 Å². The molecule has 76 valence electrons. The highest BCUT2D eigenvalue weighted by Gasteiger charge is 2.03. The van der Waals surface area contributed by atoms with E-state index in [2.05, 4.69) is 44.3 Å². The molecule has 2 nitrogen and oxygen atoms in total. The van der Waals surface area contributed by atoms with E-state index in [1.807, 2.05) is 6.08 Å².